The van der Waals surface area contributed by atoms with Crippen LogP contribution in [0.2, 0.25) is 0 Å². The maximum atomic E-state index is 12.0. The maximum absolute atomic E-state index is 12.0. The summed E-state index contributed by atoms with van der Waals surface area (Å²) in [6.07, 6.45) is 0. The predicted molar refractivity (Wildman–Crippen MR) is 77.6 cm³/mol. The lowest BCUT2D eigenvalue weighted by Gasteiger charge is -2.31. The number of carbonyl (C=O) groups is 2. The van der Waals surface area contributed by atoms with Gasteiger partial charge in [0.1, 0.15) is 0 Å². The van der Waals surface area contributed by atoms with E-state index in [0.29, 0.717) is 30.9 Å². The van der Waals surface area contributed by atoms with E-state index in [0.717, 1.165) is 13.1 Å². The van der Waals surface area contributed by atoms with E-state index in [1.54, 1.807) is 31.2 Å². The van der Waals surface area contributed by atoms with E-state index >= 15 is 0 Å². The molecule has 110 valence electrons. The van der Waals surface area contributed by atoms with E-state index in [2.05, 4.69) is 5.32 Å². The number of nitriles is 1. The van der Waals surface area contributed by atoms with Gasteiger partial charge in [-0.25, -0.2) is 0 Å². The van der Waals surface area contributed by atoms with Gasteiger partial charge >= 0.3 is 0 Å². The summed E-state index contributed by atoms with van der Waals surface area (Å²) in [4.78, 5) is 26.2. The average molecular weight is 287 g/mol. The Hall–Kier alpha value is -2.39. The fourth-order valence-corrected chi connectivity index (χ4v) is 2.37. The van der Waals surface area contributed by atoms with Crippen LogP contribution >= 0.6 is 0 Å². The fourth-order valence-electron chi connectivity index (χ4n) is 2.37. The van der Waals surface area contributed by atoms with Crippen molar-refractivity contribution in [1.82, 2.24) is 4.90 Å². The molecule has 2 N–H and O–H groups in total. The summed E-state index contributed by atoms with van der Waals surface area (Å²) in [7, 11) is 0. The number of rotatable bonds is 3. The van der Waals surface area contributed by atoms with E-state index in [4.69, 9.17) is 5.26 Å². The van der Waals surface area contributed by atoms with Crippen LogP contribution in [0.5, 0.6) is 0 Å². The van der Waals surface area contributed by atoms with Gasteiger partial charge in [-0.3, -0.25) is 9.59 Å². The van der Waals surface area contributed by atoms with Crippen molar-refractivity contribution in [3.63, 3.8) is 0 Å². The van der Waals surface area contributed by atoms with Gasteiger partial charge < -0.3 is 15.1 Å². The number of piperazine rings is 1. The normalized spacial score (nSPS) is 15.3. The third-order valence-electron chi connectivity index (χ3n) is 3.62. The van der Waals surface area contributed by atoms with Gasteiger partial charge in [0.05, 0.1) is 37.8 Å². The van der Waals surface area contributed by atoms with Crippen molar-refractivity contribution in [2.75, 3.05) is 38.0 Å². The summed E-state index contributed by atoms with van der Waals surface area (Å²) in [5.41, 5.74) is 1.26. The molecule has 1 aliphatic heterocycles. The number of quaternary nitrogens is 1. The highest BCUT2D eigenvalue weighted by Gasteiger charge is 2.23. The molecule has 0 aromatic heterocycles. The molecule has 1 aromatic carbocycles. The van der Waals surface area contributed by atoms with E-state index < -0.39 is 0 Å². The molecule has 2 rings (SSSR count). The summed E-state index contributed by atoms with van der Waals surface area (Å²) >= 11 is 0. The van der Waals surface area contributed by atoms with Crippen molar-refractivity contribution in [1.29, 1.82) is 5.26 Å². The highest BCUT2D eigenvalue weighted by Crippen LogP contribution is 2.08. The number of benzene rings is 1. The second-order valence-corrected chi connectivity index (χ2v) is 5.17. The molecule has 6 nitrogen and oxygen atoms in total. The van der Waals surface area contributed by atoms with Gasteiger partial charge in [0.25, 0.3) is 5.91 Å². The molecule has 0 atom stereocenters. The Morgan fingerprint density at radius 1 is 1.29 bits per heavy atom. The molecular formula is C15H19N4O2+. The van der Waals surface area contributed by atoms with Gasteiger partial charge in [0, 0.05) is 12.6 Å². The summed E-state index contributed by atoms with van der Waals surface area (Å²) in [6.45, 7) is 4.96. The lowest BCUT2D eigenvalue weighted by Crippen LogP contribution is -3.15. The minimum atomic E-state index is -0.0500. The first-order valence-corrected chi connectivity index (χ1v) is 6.97. The van der Waals surface area contributed by atoms with Crippen LogP contribution in [-0.2, 0) is 9.59 Å². The number of anilines is 1. The Balaban J connectivity index is 1.80. The predicted octanol–water partition coefficient (Wildman–Crippen LogP) is -0.756. The molecule has 0 aliphatic carbocycles. The molecule has 0 radical (unpaired) electrons. The smallest absolute Gasteiger partial charge is 0.279 e. The van der Waals surface area contributed by atoms with Crippen LogP contribution in [0, 0.1) is 11.3 Å². The molecule has 1 saturated heterocycles. The highest BCUT2D eigenvalue weighted by molar-refractivity contribution is 5.91. The standard InChI is InChI=1S/C15H18N4O2/c1-12(20)19-8-6-18(7-9-19)11-15(21)17-14-4-2-13(10-16)3-5-14/h2-5H,6-9,11H2,1H3,(H,17,21)/p+1. The van der Waals surface area contributed by atoms with Crippen molar-refractivity contribution >= 4 is 17.5 Å². The minimum Gasteiger partial charge on any atom is -0.332 e. The Kier molecular flexibility index (Phi) is 4.90. The van der Waals surface area contributed by atoms with Crippen LogP contribution in [0.25, 0.3) is 0 Å². The van der Waals surface area contributed by atoms with E-state index in [9.17, 15) is 9.59 Å². The molecule has 0 spiro atoms. The Bertz CT molecular complexity index is 554. The monoisotopic (exact) mass is 287 g/mol. The van der Waals surface area contributed by atoms with Crippen molar-refractivity contribution in [3.05, 3.63) is 29.8 Å². The van der Waals surface area contributed by atoms with E-state index in [-0.39, 0.29) is 11.8 Å². The number of carbonyl (C=O) groups excluding carboxylic acids is 2. The zero-order chi connectivity index (χ0) is 15.2. The van der Waals surface area contributed by atoms with Crippen molar-refractivity contribution in [2.45, 2.75) is 6.92 Å². The highest BCUT2D eigenvalue weighted by atomic mass is 16.2. The maximum Gasteiger partial charge on any atom is 0.279 e. The third-order valence-corrected chi connectivity index (χ3v) is 3.62. The van der Waals surface area contributed by atoms with Gasteiger partial charge in [-0.05, 0) is 24.3 Å². The molecule has 0 unspecified atom stereocenters. The molecule has 6 heteroatoms. The second-order valence-electron chi connectivity index (χ2n) is 5.17. The first kappa shape index (κ1) is 15.0. The molecule has 1 fully saturated rings. The van der Waals surface area contributed by atoms with Crippen LogP contribution in [0.4, 0.5) is 5.69 Å². The third kappa shape index (κ3) is 4.29. The molecule has 0 bridgehead atoms. The summed E-state index contributed by atoms with van der Waals surface area (Å²) < 4.78 is 0. The van der Waals surface area contributed by atoms with Crippen LogP contribution in [-0.4, -0.2) is 49.4 Å². The van der Waals surface area contributed by atoms with Crippen LogP contribution in [0.3, 0.4) is 0 Å². The van der Waals surface area contributed by atoms with E-state index in [1.165, 1.54) is 4.90 Å². The van der Waals surface area contributed by atoms with Crippen LogP contribution in [0.1, 0.15) is 12.5 Å². The number of amides is 2. The first-order chi connectivity index (χ1) is 10.1. The van der Waals surface area contributed by atoms with Crippen LogP contribution in [0.15, 0.2) is 24.3 Å². The van der Waals surface area contributed by atoms with Crippen molar-refractivity contribution in [2.24, 2.45) is 0 Å². The molecule has 0 saturated carbocycles. The first-order valence-electron chi connectivity index (χ1n) is 6.97. The molecule has 1 heterocycles. The quantitative estimate of drug-likeness (QED) is 0.767. The van der Waals surface area contributed by atoms with Gasteiger partial charge in [-0.1, -0.05) is 0 Å². The summed E-state index contributed by atoms with van der Waals surface area (Å²) in [5.74, 6) is 0.0436. The van der Waals surface area contributed by atoms with Gasteiger partial charge in [0.2, 0.25) is 5.91 Å². The van der Waals surface area contributed by atoms with Crippen molar-refractivity contribution in [3.8, 4) is 6.07 Å². The lowest BCUT2D eigenvalue weighted by atomic mass is 10.2. The second kappa shape index (κ2) is 6.86. The number of nitrogens with zero attached hydrogens (tertiary/aromatic N) is 2. The number of hydrogen-bond donors (Lipinski definition) is 2. The summed E-state index contributed by atoms with van der Waals surface area (Å²) in [5, 5.41) is 11.5. The van der Waals surface area contributed by atoms with Crippen molar-refractivity contribution < 1.29 is 14.5 Å². The fraction of sp³-hybridized carbons (Fsp3) is 0.400. The molecule has 1 aromatic rings. The Morgan fingerprint density at radius 2 is 1.90 bits per heavy atom. The van der Waals surface area contributed by atoms with Gasteiger partial charge in [0.15, 0.2) is 6.54 Å². The minimum absolute atomic E-state index is 0.0500. The number of hydrogen-bond acceptors (Lipinski definition) is 3. The van der Waals surface area contributed by atoms with E-state index in [1.807, 2.05) is 11.0 Å². The SMILES string of the molecule is CC(=O)N1CC[NH+](CC(=O)Nc2ccc(C#N)cc2)CC1. The Morgan fingerprint density at radius 3 is 2.43 bits per heavy atom. The van der Waals surface area contributed by atoms with Crippen LogP contribution < -0.4 is 10.2 Å². The lowest BCUT2D eigenvalue weighted by molar-refractivity contribution is -0.895. The zero-order valence-corrected chi connectivity index (χ0v) is 12.1. The molecule has 1 aliphatic rings. The van der Waals surface area contributed by atoms with Gasteiger partial charge in [-0.2, -0.15) is 5.26 Å². The molecule has 2 amide bonds. The summed E-state index contributed by atoms with van der Waals surface area (Å²) in [6, 6.07) is 8.83. The number of nitrogens with one attached hydrogen (secondary N) is 2. The molecule has 21 heavy (non-hydrogen) atoms. The Labute approximate surface area is 123 Å². The molecular weight excluding hydrogens is 268 g/mol. The zero-order valence-electron chi connectivity index (χ0n) is 12.1. The largest absolute Gasteiger partial charge is 0.332 e. The van der Waals surface area contributed by atoms with Gasteiger partial charge in [-0.15, -0.1) is 0 Å². The average Bonchev–Trinajstić information content (AvgIpc) is 2.48. The topological polar surface area (TPSA) is 77.6 Å².